The van der Waals surface area contributed by atoms with Crippen LogP contribution in [-0.4, -0.2) is 45.0 Å². The Labute approximate surface area is 205 Å². The SMILES string of the molecule is COC(=O)Nc1ccc(-c2cnc([C@@H]3CCC4CC(c5c(N)ccc(Cl)c5F)=CC(=O)N43)[nH]2)nc1. The number of hydrogen-bond donors (Lipinski definition) is 3. The number of halogens is 2. The number of imidazole rings is 1. The van der Waals surface area contributed by atoms with Crippen molar-refractivity contribution >= 4 is 40.5 Å². The molecule has 1 fully saturated rings. The third-order valence-electron chi connectivity index (χ3n) is 6.34. The quantitative estimate of drug-likeness (QED) is 0.455. The predicted octanol–water partition coefficient (Wildman–Crippen LogP) is 4.54. The fourth-order valence-corrected chi connectivity index (χ4v) is 4.88. The number of aromatic amines is 1. The van der Waals surface area contributed by atoms with E-state index in [1.54, 1.807) is 29.3 Å². The molecule has 0 bridgehead atoms. The van der Waals surface area contributed by atoms with E-state index in [2.05, 4.69) is 25.0 Å². The van der Waals surface area contributed by atoms with E-state index in [1.807, 2.05) is 0 Å². The van der Waals surface area contributed by atoms with Gasteiger partial charge in [-0.3, -0.25) is 15.1 Å². The first-order valence-corrected chi connectivity index (χ1v) is 11.4. The summed E-state index contributed by atoms with van der Waals surface area (Å²) in [6, 6.07) is 6.07. The van der Waals surface area contributed by atoms with Gasteiger partial charge in [0.2, 0.25) is 5.91 Å². The summed E-state index contributed by atoms with van der Waals surface area (Å²) in [6.07, 6.45) is 5.98. The van der Waals surface area contributed by atoms with Crippen LogP contribution in [0.3, 0.4) is 0 Å². The molecule has 1 unspecified atom stereocenters. The standard InChI is InChI=1S/C24H22ClFN6O3/c1-35-24(34)30-13-2-6-17(28-10-13)18-11-29-23(31-18)19-7-3-14-8-12(9-20(33)32(14)19)21-16(27)5-4-15(25)22(21)26/h2,4-6,9-11,14,19H,3,7-8,27H2,1H3,(H,29,31)(H,30,34)/t14?,19-/m0/s1. The fraction of sp³-hybridized carbons (Fsp3) is 0.250. The van der Waals surface area contributed by atoms with Crippen molar-refractivity contribution in [3.63, 3.8) is 0 Å². The smallest absolute Gasteiger partial charge is 0.411 e. The number of methoxy groups -OCH3 is 1. The van der Waals surface area contributed by atoms with Gasteiger partial charge in [-0.15, -0.1) is 0 Å². The molecule has 5 rings (SSSR count). The number of H-pyrrole nitrogens is 1. The molecule has 35 heavy (non-hydrogen) atoms. The first kappa shape index (κ1) is 22.9. The number of nitrogens with zero attached hydrogens (tertiary/aromatic N) is 3. The number of anilines is 2. The van der Waals surface area contributed by atoms with Crippen molar-refractivity contribution in [2.75, 3.05) is 18.2 Å². The van der Waals surface area contributed by atoms with Crippen molar-refractivity contribution in [2.45, 2.75) is 31.3 Å². The van der Waals surface area contributed by atoms with E-state index in [1.165, 1.54) is 25.4 Å². The first-order valence-electron chi connectivity index (χ1n) is 11.0. The highest BCUT2D eigenvalue weighted by Crippen LogP contribution is 2.44. The van der Waals surface area contributed by atoms with Gasteiger partial charge in [0.05, 0.1) is 47.6 Å². The van der Waals surface area contributed by atoms with Crippen LogP contribution in [0, 0.1) is 5.82 Å². The third-order valence-corrected chi connectivity index (χ3v) is 6.63. The van der Waals surface area contributed by atoms with Crippen molar-refractivity contribution in [3.05, 3.63) is 65.0 Å². The van der Waals surface area contributed by atoms with Gasteiger partial charge < -0.3 is 20.4 Å². The zero-order valence-corrected chi connectivity index (χ0v) is 19.5. The Kier molecular flexibility index (Phi) is 5.89. The van der Waals surface area contributed by atoms with Crippen molar-refractivity contribution in [3.8, 4) is 11.4 Å². The van der Waals surface area contributed by atoms with Crippen LogP contribution in [0.15, 0.2) is 42.7 Å². The minimum atomic E-state index is -0.607. The Morgan fingerprint density at radius 3 is 2.83 bits per heavy atom. The number of nitrogen functional groups attached to an aromatic ring is 1. The minimum Gasteiger partial charge on any atom is -0.453 e. The van der Waals surface area contributed by atoms with Gasteiger partial charge in [0, 0.05) is 23.4 Å². The largest absolute Gasteiger partial charge is 0.453 e. The molecule has 180 valence electrons. The van der Waals surface area contributed by atoms with E-state index in [0.29, 0.717) is 41.3 Å². The van der Waals surface area contributed by atoms with Crippen LogP contribution in [0.25, 0.3) is 17.0 Å². The number of carbonyl (C=O) groups is 2. The number of nitrogens with two attached hydrogens (primary N) is 1. The number of pyridine rings is 1. The number of nitrogens with one attached hydrogen (secondary N) is 2. The second-order valence-corrected chi connectivity index (χ2v) is 8.83. The first-order chi connectivity index (χ1) is 16.9. The summed E-state index contributed by atoms with van der Waals surface area (Å²) in [5.41, 5.74) is 8.83. The lowest BCUT2D eigenvalue weighted by atomic mass is 9.92. The summed E-state index contributed by atoms with van der Waals surface area (Å²) in [4.78, 5) is 38.4. The molecule has 4 heterocycles. The number of hydrogen-bond acceptors (Lipinski definition) is 6. The Morgan fingerprint density at radius 1 is 1.26 bits per heavy atom. The molecule has 0 aliphatic carbocycles. The second kappa shape index (κ2) is 9.03. The van der Waals surface area contributed by atoms with Gasteiger partial charge in [0.1, 0.15) is 5.82 Å². The van der Waals surface area contributed by atoms with Crippen molar-refractivity contribution < 1.29 is 18.7 Å². The van der Waals surface area contributed by atoms with Crippen molar-refractivity contribution in [2.24, 2.45) is 0 Å². The normalized spacial score (nSPS) is 19.3. The molecule has 2 aromatic heterocycles. The monoisotopic (exact) mass is 496 g/mol. The maximum absolute atomic E-state index is 14.7. The molecule has 2 aliphatic rings. The van der Waals surface area contributed by atoms with Crippen LogP contribution < -0.4 is 11.1 Å². The van der Waals surface area contributed by atoms with Gasteiger partial charge in [-0.2, -0.15) is 0 Å². The number of aromatic nitrogens is 3. The van der Waals surface area contributed by atoms with Crippen LogP contribution in [0.1, 0.15) is 36.7 Å². The molecule has 11 heteroatoms. The number of rotatable bonds is 4. The minimum absolute atomic E-state index is 0.0277. The molecule has 2 amide bonds. The van der Waals surface area contributed by atoms with Gasteiger partial charge in [-0.05, 0) is 49.1 Å². The average molecular weight is 497 g/mol. The summed E-state index contributed by atoms with van der Waals surface area (Å²) in [7, 11) is 1.28. The summed E-state index contributed by atoms with van der Waals surface area (Å²) in [5, 5.41) is 2.52. The molecule has 2 aliphatic heterocycles. The molecule has 0 spiro atoms. The van der Waals surface area contributed by atoms with Crippen LogP contribution in [0.4, 0.5) is 20.6 Å². The Balaban J connectivity index is 1.36. The van der Waals surface area contributed by atoms with E-state index in [9.17, 15) is 14.0 Å². The van der Waals surface area contributed by atoms with E-state index in [0.717, 1.165) is 6.42 Å². The number of amides is 2. The zero-order valence-electron chi connectivity index (χ0n) is 18.7. The average Bonchev–Trinajstić information content (AvgIpc) is 3.50. The summed E-state index contributed by atoms with van der Waals surface area (Å²) in [5.74, 6) is -0.170. The molecule has 0 radical (unpaired) electrons. The molecular formula is C24H22ClFN6O3. The topological polar surface area (TPSA) is 126 Å². The number of benzene rings is 1. The summed E-state index contributed by atoms with van der Waals surface area (Å²) < 4.78 is 19.3. The zero-order chi connectivity index (χ0) is 24.7. The molecule has 0 saturated carbocycles. The third kappa shape index (κ3) is 4.21. The van der Waals surface area contributed by atoms with Gasteiger partial charge in [-0.1, -0.05) is 11.6 Å². The van der Waals surface area contributed by atoms with Gasteiger partial charge >= 0.3 is 6.09 Å². The van der Waals surface area contributed by atoms with Gasteiger partial charge in [0.25, 0.3) is 0 Å². The van der Waals surface area contributed by atoms with Crippen molar-refractivity contribution in [1.82, 2.24) is 19.9 Å². The molecular weight excluding hydrogens is 475 g/mol. The highest BCUT2D eigenvalue weighted by Gasteiger charge is 2.42. The van der Waals surface area contributed by atoms with E-state index in [4.69, 9.17) is 17.3 Å². The Bertz CT molecular complexity index is 1340. The molecule has 3 aromatic rings. The van der Waals surface area contributed by atoms with Crippen LogP contribution in [0.2, 0.25) is 5.02 Å². The van der Waals surface area contributed by atoms with E-state index in [-0.39, 0.29) is 34.3 Å². The fourth-order valence-electron chi connectivity index (χ4n) is 4.72. The molecule has 1 saturated heterocycles. The van der Waals surface area contributed by atoms with Crippen molar-refractivity contribution in [1.29, 1.82) is 0 Å². The number of ether oxygens (including phenoxy) is 1. The highest BCUT2D eigenvalue weighted by molar-refractivity contribution is 6.31. The van der Waals surface area contributed by atoms with Crippen LogP contribution >= 0.6 is 11.6 Å². The second-order valence-electron chi connectivity index (χ2n) is 8.42. The maximum Gasteiger partial charge on any atom is 0.411 e. The van der Waals surface area contributed by atoms with Crippen LogP contribution in [-0.2, 0) is 9.53 Å². The molecule has 2 atom stereocenters. The lowest BCUT2D eigenvalue weighted by Crippen LogP contribution is -2.39. The highest BCUT2D eigenvalue weighted by atomic mass is 35.5. The summed E-state index contributed by atoms with van der Waals surface area (Å²) in [6.45, 7) is 0. The van der Waals surface area contributed by atoms with E-state index < -0.39 is 11.9 Å². The Morgan fingerprint density at radius 2 is 2.09 bits per heavy atom. The molecule has 1 aromatic carbocycles. The number of carbonyl (C=O) groups excluding carboxylic acids is 2. The lowest BCUT2D eigenvalue weighted by Gasteiger charge is -2.33. The maximum atomic E-state index is 14.7. The molecule has 9 nitrogen and oxygen atoms in total. The van der Waals surface area contributed by atoms with Gasteiger partial charge in [-0.25, -0.2) is 14.2 Å². The lowest BCUT2D eigenvalue weighted by molar-refractivity contribution is -0.129. The predicted molar refractivity (Wildman–Crippen MR) is 129 cm³/mol. The Hall–Kier alpha value is -3.92. The van der Waals surface area contributed by atoms with Gasteiger partial charge in [0.15, 0.2) is 5.82 Å². The van der Waals surface area contributed by atoms with E-state index >= 15 is 0 Å². The summed E-state index contributed by atoms with van der Waals surface area (Å²) >= 11 is 5.95. The number of fused-ring (bicyclic) bond motifs is 1. The molecule has 4 N–H and O–H groups in total. The van der Waals surface area contributed by atoms with Crippen LogP contribution in [0.5, 0.6) is 0 Å².